The van der Waals surface area contributed by atoms with E-state index in [1.54, 1.807) is 0 Å². The Morgan fingerprint density at radius 2 is 1.35 bits per heavy atom. The summed E-state index contributed by atoms with van der Waals surface area (Å²) in [6.07, 6.45) is 1.18. The predicted octanol–water partition coefficient (Wildman–Crippen LogP) is 2.22. The molecule has 0 aliphatic carbocycles. The minimum absolute atomic E-state index is 0.0595. The zero-order valence-corrected chi connectivity index (χ0v) is 14.5. The summed E-state index contributed by atoms with van der Waals surface area (Å²) in [5.41, 5.74) is 2.44. The Morgan fingerprint density at radius 3 is 1.70 bits per heavy atom. The van der Waals surface area contributed by atoms with Crippen LogP contribution in [-0.4, -0.2) is 34.1 Å². The van der Waals surface area contributed by atoms with Crippen LogP contribution in [0.4, 0.5) is 0 Å². The molecule has 1 rings (SSSR count). The van der Waals surface area contributed by atoms with Gasteiger partial charge in [-0.1, -0.05) is 27.7 Å². The van der Waals surface area contributed by atoms with Crippen molar-refractivity contribution in [3.8, 4) is 0 Å². The van der Waals surface area contributed by atoms with E-state index in [1.807, 2.05) is 27.7 Å². The van der Waals surface area contributed by atoms with Gasteiger partial charge in [-0.25, -0.2) is 0 Å². The first-order valence-corrected chi connectivity index (χ1v) is 7.89. The van der Waals surface area contributed by atoms with Gasteiger partial charge in [-0.3, -0.25) is 19.6 Å². The second-order valence-electron chi connectivity index (χ2n) is 6.53. The molecule has 0 saturated heterocycles. The molecule has 0 spiro atoms. The molecule has 0 aliphatic heterocycles. The van der Waals surface area contributed by atoms with Crippen molar-refractivity contribution in [2.75, 3.05) is 7.11 Å². The molecule has 1 heterocycles. The van der Waals surface area contributed by atoms with Crippen LogP contribution in [0.5, 0.6) is 0 Å². The van der Waals surface area contributed by atoms with Crippen LogP contribution in [0.25, 0.3) is 0 Å². The maximum atomic E-state index is 11.6. The summed E-state index contributed by atoms with van der Waals surface area (Å²) in [5.74, 6) is -0.653. The molecule has 1 aromatic heterocycles. The van der Waals surface area contributed by atoms with Crippen molar-refractivity contribution in [1.82, 2.24) is 9.97 Å². The lowest BCUT2D eigenvalue weighted by Gasteiger charge is -2.16. The number of aliphatic carboxylic acids is 1. The van der Waals surface area contributed by atoms with Gasteiger partial charge in [-0.05, 0) is 24.7 Å². The summed E-state index contributed by atoms with van der Waals surface area (Å²) in [4.78, 5) is 31.9. The highest BCUT2D eigenvalue weighted by atomic mass is 16.5. The maximum Gasteiger partial charge on any atom is 0.311 e. The number of nitrogens with zero attached hydrogens (tertiary/aromatic N) is 2. The number of esters is 1. The number of ether oxygens (including phenoxy) is 1. The number of hydrogen-bond donors (Lipinski definition) is 1. The summed E-state index contributed by atoms with van der Waals surface area (Å²) >= 11 is 0. The molecule has 0 radical (unpaired) electrons. The molecule has 6 nitrogen and oxygen atoms in total. The average molecular weight is 322 g/mol. The standard InChI is InChI=1S/C17H26N2O4/c1-10(2)6-12-14(8-16(20)21)18-13(7-11(3)4)15(19-12)9-17(22)23-5/h10-11H,6-9H2,1-5H3,(H,20,21). The minimum Gasteiger partial charge on any atom is -0.481 e. The molecular formula is C17H26N2O4. The van der Waals surface area contributed by atoms with E-state index in [4.69, 9.17) is 9.84 Å². The Labute approximate surface area is 137 Å². The maximum absolute atomic E-state index is 11.6. The van der Waals surface area contributed by atoms with Crippen LogP contribution in [-0.2, 0) is 40.0 Å². The zero-order valence-electron chi connectivity index (χ0n) is 14.5. The Kier molecular flexibility index (Phi) is 7.13. The molecule has 6 heteroatoms. The van der Waals surface area contributed by atoms with Crippen molar-refractivity contribution in [2.45, 2.75) is 53.4 Å². The smallest absolute Gasteiger partial charge is 0.311 e. The average Bonchev–Trinajstić information content (AvgIpc) is 2.41. The summed E-state index contributed by atoms with van der Waals surface area (Å²) in [6, 6.07) is 0. The van der Waals surface area contributed by atoms with Crippen LogP contribution in [0.2, 0.25) is 0 Å². The lowest BCUT2D eigenvalue weighted by molar-refractivity contribution is -0.140. The van der Waals surface area contributed by atoms with Crippen molar-refractivity contribution in [3.63, 3.8) is 0 Å². The third-order valence-electron chi connectivity index (χ3n) is 3.27. The van der Waals surface area contributed by atoms with E-state index < -0.39 is 5.97 Å². The van der Waals surface area contributed by atoms with Gasteiger partial charge in [0.2, 0.25) is 0 Å². The fourth-order valence-electron chi connectivity index (χ4n) is 2.32. The zero-order chi connectivity index (χ0) is 17.6. The van der Waals surface area contributed by atoms with E-state index in [1.165, 1.54) is 7.11 Å². The lowest BCUT2D eigenvalue weighted by atomic mass is 10.0. The summed E-state index contributed by atoms with van der Waals surface area (Å²) in [6.45, 7) is 8.16. The number of aromatic nitrogens is 2. The van der Waals surface area contributed by atoms with Gasteiger partial charge in [0, 0.05) is 0 Å². The largest absolute Gasteiger partial charge is 0.481 e. The molecule has 1 N–H and O–H groups in total. The normalized spacial score (nSPS) is 11.1. The monoisotopic (exact) mass is 322 g/mol. The summed E-state index contributed by atoms with van der Waals surface area (Å²) in [5, 5.41) is 9.11. The van der Waals surface area contributed by atoms with Gasteiger partial charge in [-0.2, -0.15) is 0 Å². The van der Waals surface area contributed by atoms with E-state index in [9.17, 15) is 9.59 Å². The molecule has 0 aromatic carbocycles. The number of carboxylic acid groups (broad SMARTS) is 1. The molecule has 0 aliphatic rings. The first-order chi connectivity index (χ1) is 10.7. The van der Waals surface area contributed by atoms with Crippen LogP contribution in [0.1, 0.15) is 50.5 Å². The van der Waals surface area contributed by atoms with Crippen LogP contribution < -0.4 is 0 Å². The number of rotatable bonds is 8. The molecule has 23 heavy (non-hydrogen) atoms. The third kappa shape index (κ3) is 6.34. The minimum atomic E-state index is -0.930. The van der Waals surface area contributed by atoms with Gasteiger partial charge in [0.1, 0.15) is 0 Å². The fourth-order valence-corrected chi connectivity index (χ4v) is 2.32. The number of carbonyl (C=O) groups is 2. The van der Waals surface area contributed by atoms with Crippen LogP contribution in [0.15, 0.2) is 0 Å². The van der Waals surface area contributed by atoms with Gasteiger partial charge in [0.15, 0.2) is 0 Å². The van der Waals surface area contributed by atoms with Crippen molar-refractivity contribution < 1.29 is 19.4 Å². The number of hydrogen-bond acceptors (Lipinski definition) is 5. The summed E-state index contributed by atoms with van der Waals surface area (Å²) < 4.78 is 4.73. The van der Waals surface area contributed by atoms with Crippen molar-refractivity contribution >= 4 is 11.9 Å². The Balaban J connectivity index is 3.33. The van der Waals surface area contributed by atoms with Crippen molar-refractivity contribution in [2.24, 2.45) is 11.8 Å². The lowest BCUT2D eigenvalue weighted by Crippen LogP contribution is -2.18. The van der Waals surface area contributed by atoms with Gasteiger partial charge >= 0.3 is 11.9 Å². The van der Waals surface area contributed by atoms with E-state index in [0.29, 0.717) is 47.5 Å². The highest BCUT2D eigenvalue weighted by Crippen LogP contribution is 2.18. The van der Waals surface area contributed by atoms with E-state index in [-0.39, 0.29) is 18.8 Å². The first-order valence-electron chi connectivity index (χ1n) is 7.89. The van der Waals surface area contributed by atoms with Gasteiger partial charge in [0.25, 0.3) is 0 Å². The predicted molar refractivity (Wildman–Crippen MR) is 86.2 cm³/mol. The molecule has 0 unspecified atom stereocenters. The Morgan fingerprint density at radius 1 is 0.913 bits per heavy atom. The highest BCUT2D eigenvalue weighted by Gasteiger charge is 2.19. The highest BCUT2D eigenvalue weighted by molar-refractivity contribution is 5.72. The second kappa shape index (κ2) is 8.60. The van der Waals surface area contributed by atoms with Crippen molar-refractivity contribution in [1.29, 1.82) is 0 Å². The summed E-state index contributed by atoms with van der Waals surface area (Å²) in [7, 11) is 1.34. The van der Waals surface area contributed by atoms with Gasteiger partial charge in [0.05, 0.1) is 42.7 Å². The van der Waals surface area contributed by atoms with E-state index in [0.717, 1.165) is 0 Å². The van der Waals surface area contributed by atoms with Gasteiger partial charge in [-0.15, -0.1) is 0 Å². The Hall–Kier alpha value is -1.98. The topological polar surface area (TPSA) is 89.4 Å². The first kappa shape index (κ1) is 19.1. The molecule has 128 valence electrons. The van der Waals surface area contributed by atoms with Crippen LogP contribution >= 0.6 is 0 Å². The molecule has 0 fully saturated rings. The van der Waals surface area contributed by atoms with E-state index >= 15 is 0 Å². The Bertz CT molecular complexity index is 568. The number of carboxylic acids is 1. The van der Waals surface area contributed by atoms with Crippen molar-refractivity contribution in [3.05, 3.63) is 22.8 Å². The number of carbonyl (C=O) groups excluding carboxylic acids is 1. The molecule has 0 atom stereocenters. The fraction of sp³-hybridized carbons (Fsp3) is 0.647. The molecule has 0 saturated carbocycles. The quantitative estimate of drug-likeness (QED) is 0.738. The molecule has 0 amide bonds. The van der Waals surface area contributed by atoms with Crippen LogP contribution in [0.3, 0.4) is 0 Å². The van der Waals surface area contributed by atoms with E-state index in [2.05, 4.69) is 9.97 Å². The SMILES string of the molecule is COC(=O)Cc1nc(CC(C)C)c(CC(=O)O)nc1CC(C)C. The molecule has 0 bridgehead atoms. The third-order valence-corrected chi connectivity index (χ3v) is 3.27. The second-order valence-corrected chi connectivity index (χ2v) is 6.53. The molecular weight excluding hydrogens is 296 g/mol. The van der Waals surface area contributed by atoms with Crippen LogP contribution in [0, 0.1) is 11.8 Å². The van der Waals surface area contributed by atoms with Gasteiger partial charge < -0.3 is 9.84 Å². The molecule has 1 aromatic rings. The number of methoxy groups -OCH3 is 1.